The lowest BCUT2D eigenvalue weighted by Gasteiger charge is -2.18. The predicted molar refractivity (Wildman–Crippen MR) is 172 cm³/mol. The Kier molecular flexibility index (Phi) is 21.2. The molecule has 0 radical (unpaired) electrons. The van der Waals surface area contributed by atoms with E-state index in [0.29, 0.717) is 11.6 Å². The monoisotopic (exact) mass is 580 g/mol. The standard InChI is InChI=1S/C17H21Cl2N.C10H22O.C6H11NO/c1-11(2)6-9-16(18)14(5)20-13(4)15-8-7-12(3)10-17(15)19;1-3-6-10(7-4-2)8-5-9-11;1-5(8)6-3-2-4-7-6/h6-10,13,20H,1H2,2-5H3;10-11H,3-9H2,1-2H3;6-7H,2-4H2,1H3/b9-6-,16-14-;;. The first-order chi connectivity index (χ1) is 18.5. The number of aliphatic hydroxyl groups excluding tert-OH is 1. The second-order valence-electron chi connectivity index (χ2n) is 10.6. The molecule has 0 saturated carbocycles. The van der Waals surface area contributed by atoms with Gasteiger partial charge in [0.15, 0.2) is 0 Å². The summed E-state index contributed by atoms with van der Waals surface area (Å²) >= 11 is 12.5. The van der Waals surface area contributed by atoms with Gasteiger partial charge in [-0.1, -0.05) is 93.1 Å². The first-order valence-corrected chi connectivity index (χ1v) is 15.3. The second-order valence-corrected chi connectivity index (χ2v) is 11.4. The fourth-order valence-corrected chi connectivity index (χ4v) is 4.97. The molecule has 0 amide bonds. The molecule has 2 rings (SSSR count). The minimum atomic E-state index is 0.0927. The molecule has 39 heavy (non-hydrogen) atoms. The van der Waals surface area contributed by atoms with E-state index in [1.807, 2.05) is 45.1 Å². The molecular weight excluding hydrogens is 527 g/mol. The van der Waals surface area contributed by atoms with Crippen molar-refractivity contribution in [3.8, 4) is 0 Å². The molecule has 0 bridgehead atoms. The quantitative estimate of drug-likeness (QED) is 0.203. The average Bonchev–Trinajstić information content (AvgIpc) is 3.42. The predicted octanol–water partition coefficient (Wildman–Crippen LogP) is 9.20. The van der Waals surface area contributed by atoms with E-state index in [0.717, 1.165) is 59.1 Å². The van der Waals surface area contributed by atoms with Crippen molar-refractivity contribution < 1.29 is 9.90 Å². The number of carbonyl (C=O) groups is 1. The average molecular weight is 582 g/mol. The van der Waals surface area contributed by atoms with Crippen LogP contribution in [-0.4, -0.2) is 30.1 Å². The molecule has 0 aromatic heterocycles. The summed E-state index contributed by atoms with van der Waals surface area (Å²) in [5, 5.41) is 16.6. The summed E-state index contributed by atoms with van der Waals surface area (Å²) in [5.41, 5.74) is 4.09. The summed E-state index contributed by atoms with van der Waals surface area (Å²) in [5.74, 6) is 1.15. The highest BCUT2D eigenvalue weighted by Gasteiger charge is 2.17. The molecule has 0 aliphatic carbocycles. The maximum Gasteiger partial charge on any atom is 0.146 e. The lowest BCUT2D eigenvalue weighted by atomic mass is 9.94. The lowest BCUT2D eigenvalue weighted by molar-refractivity contribution is -0.118. The highest BCUT2D eigenvalue weighted by atomic mass is 35.5. The molecule has 1 fully saturated rings. The molecule has 0 spiro atoms. The molecule has 1 saturated heterocycles. The molecule has 1 aliphatic rings. The molecular formula is C33H54Cl2N2O2. The molecule has 1 aromatic carbocycles. The Morgan fingerprint density at radius 1 is 1.18 bits per heavy atom. The van der Waals surface area contributed by atoms with Gasteiger partial charge in [-0.3, -0.25) is 4.79 Å². The molecule has 6 heteroatoms. The van der Waals surface area contributed by atoms with E-state index in [4.69, 9.17) is 28.3 Å². The molecule has 3 N–H and O–H groups in total. The van der Waals surface area contributed by atoms with Crippen molar-refractivity contribution in [2.24, 2.45) is 5.92 Å². The zero-order valence-corrected chi connectivity index (χ0v) is 27.0. The van der Waals surface area contributed by atoms with Crippen LogP contribution in [0.1, 0.15) is 110 Å². The Bertz CT molecular complexity index is 899. The van der Waals surface area contributed by atoms with Gasteiger partial charge in [0, 0.05) is 23.4 Å². The SMILES string of the molecule is C=C(C)/C=C\C(Cl)=C(/C)NC(C)c1ccc(C)cc1Cl.CC(=O)C1CCCN1.CCCC(CCC)CCCO. The van der Waals surface area contributed by atoms with Gasteiger partial charge in [0.2, 0.25) is 0 Å². The van der Waals surface area contributed by atoms with Gasteiger partial charge in [-0.05, 0) is 96.0 Å². The van der Waals surface area contributed by atoms with E-state index >= 15 is 0 Å². The maximum atomic E-state index is 10.6. The molecule has 1 aromatic rings. The van der Waals surface area contributed by atoms with Crippen LogP contribution in [0.4, 0.5) is 0 Å². The number of Topliss-reactive ketones (excluding diaryl/α,β-unsaturated/α-hetero) is 1. The summed E-state index contributed by atoms with van der Waals surface area (Å²) in [6.45, 7) is 19.3. The van der Waals surface area contributed by atoms with Crippen LogP contribution in [-0.2, 0) is 4.79 Å². The van der Waals surface area contributed by atoms with E-state index in [9.17, 15) is 4.79 Å². The van der Waals surface area contributed by atoms with Crippen LogP contribution in [0.5, 0.6) is 0 Å². The molecule has 1 heterocycles. The number of hydrogen-bond acceptors (Lipinski definition) is 4. The highest BCUT2D eigenvalue weighted by Crippen LogP contribution is 2.25. The first kappa shape index (κ1) is 37.4. The number of ketones is 1. The Hall–Kier alpha value is -1.59. The number of aryl methyl sites for hydroxylation is 1. The Labute approximate surface area is 249 Å². The largest absolute Gasteiger partial charge is 0.396 e. The van der Waals surface area contributed by atoms with E-state index in [1.54, 1.807) is 6.92 Å². The third-order valence-electron chi connectivity index (χ3n) is 6.64. The second kappa shape index (κ2) is 22.1. The molecule has 222 valence electrons. The maximum absolute atomic E-state index is 10.6. The topological polar surface area (TPSA) is 61.4 Å². The zero-order chi connectivity index (χ0) is 29.8. The summed E-state index contributed by atoms with van der Waals surface area (Å²) < 4.78 is 0. The van der Waals surface area contributed by atoms with Gasteiger partial charge in [0.05, 0.1) is 11.1 Å². The van der Waals surface area contributed by atoms with Gasteiger partial charge in [0.25, 0.3) is 0 Å². The number of benzene rings is 1. The fraction of sp³-hybridized carbons (Fsp3) is 0.606. The van der Waals surface area contributed by atoms with Crippen molar-refractivity contribution in [2.45, 2.75) is 112 Å². The Morgan fingerprint density at radius 2 is 1.82 bits per heavy atom. The van der Waals surface area contributed by atoms with Crippen molar-refractivity contribution >= 4 is 29.0 Å². The number of halogens is 2. The number of allylic oxidation sites excluding steroid dienone is 5. The number of rotatable bonds is 13. The van der Waals surface area contributed by atoms with Gasteiger partial charge in [-0.15, -0.1) is 0 Å². The summed E-state index contributed by atoms with van der Waals surface area (Å²) in [4.78, 5) is 10.6. The van der Waals surface area contributed by atoms with Gasteiger partial charge < -0.3 is 15.7 Å². The first-order valence-electron chi connectivity index (χ1n) is 14.5. The Balaban J connectivity index is 0.000000634. The minimum Gasteiger partial charge on any atom is -0.396 e. The van der Waals surface area contributed by atoms with E-state index in [2.05, 4.69) is 44.1 Å². The minimum absolute atomic E-state index is 0.0927. The van der Waals surface area contributed by atoms with Crippen LogP contribution in [0.3, 0.4) is 0 Å². The summed E-state index contributed by atoms with van der Waals surface area (Å²) in [6, 6.07) is 6.34. The molecule has 1 aliphatic heterocycles. The van der Waals surface area contributed by atoms with Crippen LogP contribution in [0.25, 0.3) is 0 Å². The third kappa shape index (κ3) is 17.7. The van der Waals surface area contributed by atoms with Crippen molar-refractivity contribution in [2.75, 3.05) is 13.2 Å². The molecule has 4 nitrogen and oxygen atoms in total. The lowest BCUT2D eigenvalue weighted by Crippen LogP contribution is -2.28. The van der Waals surface area contributed by atoms with Gasteiger partial charge in [0.1, 0.15) is 5.78 Å². The number of nitrogens with one attached hydrogen (secondary N) is 2. The zero-order valence-electron chi connectivity index (χ0n) is 25.5. The normalized spacial score (nSPS) is 16.1. The fourth-order valence-electron chi connectivity index (χ4n) is 4.46. The molecule has 2 atom stereocenters. The van der Waals surface area contributed by atoms with Gasteiger partial charge >= 0.3 is 0 Å². The number of aliphatic hydroxyl groups is 1. The van der Waals surface area contributed by atoms with Gasteiger partial charge in [-0.2, -0.15) is 0 Å². The van der Waals surface area contributed by atoms with Crippen molar-refractivity contribution in [3.63, 3.8) is 0 Å². The number of hydrogen-bond donors (Lipinski definition) is 3. The van der Waals surface area contributed by atoms with Crippen molar-refractivity contribution in [3.05, 3.63) is 69.4 Å². The van der Waals surface area contributed by atoms with Crippen LogP contribution >= 0.6 is 23.2 Å². The summed E-state index contributed by atoms with van der Waals surface area (Å²) in [6.07, 6.45) is 13.4. The van der Waals surface area contributed by atoms with Crippen LogP contribution in [0, 0.1) is 12.8 Å². The van der Waals surface area contributed by atoms with E-state index in [-0.39, 0.29) is 17.9 Å². The smallest absolute Gasteiger partial charge is 0.146 e. The van der Waals surface area contributed by atoms with E-state index < -0.39 is 0 Å². The van der Waals surface area contributed by atoms with Crippen LogP contribution in [0.2, 0.25) is 5.02 Å². The summed E-state index contributed by atoms with van der Waals surface area (Å²) in [7, 11) is 0. The highest BCUT2D eigenvalue weighted by molar-refractivity contribution is 6.32. The third-order valence-corrected chi connectivity index (χ3v) is 7.38. The Morgan fingerprint density at radius 3 is 2.26 bits per heavy atom. The van der Waals surface area contributed by atoms with E-state index in [1.165, 1.54) is 32.1 Å². The van der Waals surface area contributed by atoms with Crippen molar-refractivity contribution in [1.29, 1.82) is 0 Å². The molecule has 2 unspecified atom stereocenters. The van der Waals surface area contributed by atoms with Crippen LogP contribution < -0.4 is 10.6 Å². The van der Waals surface area contributed by atoms with Gasteiger partial charge in [-0.25, -0.2) is 0 Å². The van der Waals surface area contributed by atoms with Crippen molar-refractivity contribution in [1.82, 2.24) is 10.6 Å². The van der Waals surface area contributed by atoms with Crippen LogP contribution in [0.15, 0.2) is 53.2 Å². The number of carbonyl (C=O) groups excluding carboxylic acids is 1.